The predicted octanol–water partition coefficient (Wildman–Crippen LogP) is 1.76. The van der Waals surface area contributed by atoms with Gasteiger partial charge in [-0.1, -0.05) is 0 Å². The van der Waals surface area contributed by atoms with E-state index in [4.69, 9.17) is 0 Å². The topological polar surface area (TPSA) is 55.6 Å². The molecule has 0 aliphatic carbocycles. The summed E-state index contributed by atoms with van der Waals surface area (Å²) in [7, 11) is 1.84. The first-order valence-electron chi connectivity index (χ1n) is 5.39. The third-order valence-corrected chi connectivity index (χ3v) is 2.38. The van der Waals surface area contributed by atoms with Crippen molar-refractivity contribution in [2.24, 2.45) is 7.05 Å². The lowest BCUT2D eigenvalue weighted by Gasteiger charge is -2.08. The Morgan fingerprint density at radius 1 is 1.41 bits per heavy atom. The molecule has 0 radical (unpaired) electrons. The average molecular weight is 235 g/mol. The molecule has 0 aliphatic heterocycles. The fourth-order valence-electron chi connectivity index (χ4n) is 1.52. The first kappa shape index (κ1) is 11.5. The molecule has 90 valence electrons. The molecule has 2 aromatic rings. The maximum Gasteiger partial charge on any atom is 0.198 e. The van der Waals surface area contributed by atoms with Gasteiger partial charge in [-0.25, -0.2) is 19.3 Å². The Balaban J connectivity index is 2.53. The van der Waals surface area contributed by atoms with Gasteiger partial charge >= 0.3 is 0 Å². The molecule has 0 bridgehead atoms. The summed E-state index contributed by atoms with van der Waals surface area (Å²) in [6.07, 6.45) is 3.45. The van der Waals surface area contributed by atoms with E-state index in [1.165, 1.54) is 0 Å². The van der Waals surface area contributed by atoms with Crippen LogP contribution in [0.25, 0.3) is 11.6 Å². The number of halogens is 1. The quantitative estimate of drug-likeness (QED) is 0.880. The van der Waals surface area contributed by atoms with Crippen molar-refractivity contribution < 1.29 is 4.39 Å². The van der Waals surface area contributed by atoms with Gasteiger partial charge in [0.1, 0.15) is 0 Å². The second-order valence-corrected chi connectivity index (χ2v) is 3.69. The van der Waals surface area contributed by atoms with E-state index in [9.17, 15) is 4.39 Å². The molecule has 0 aliphatic rings. The van der Waals surface area contributed by atoms with Crippen molar-refractivity contribution in [1.29, 1.82) is 0 Å². The predicted molar refractivity (Wildman–Crippen MR) is 63.1 cm³/mol. The minimum Gasteiger partial charge on any atom is -0.368 e. The molecule has 0 spiro atoms. The molecule has 2 heterocycles. The van der Waals surface area contributed by atoms with Gasteiger partial charge in [-0.2, -0.15) is 0 Å². The molecule has 0 saturated carbocycles. The highest BCUT2D eigenvalue weighted by Gasteiger charge is 2.14. The fraction of sp³-hybridized carbons (Fsp3) is 0.364. The standard InChI is InChI=1S/C11H14FN5/c1-4-13-9-8(12)7(2)15-10(16-9)11-14-5-6-17(11)3/h5-6H,4H2,1-3H3,(H,13,15,16). The van der Waals surface area contributed by atoms with E-state index in [0.29, 0.717) is 23.9 Å². The van der Waals surface area contributed by atoms with Crippen LogP contribution in [-0.4, -0.2) is 26.1 Å². The van der Waals surface area contributed by atoms with Gasteiger partial charge in [0.25, 0.3) is 0 Å². The van der Waals surface area contributed by atoms with Gasteiger partial charge < -0.3 is 9.88 Å². The summed E-state index contributed by atoms with van der Waals surface area (Å²) < 4.78 is 15.5. The zero-order valence-corrected chi connectivity index (χ0v) is 10.0. The normalized spacial score (nSPS) is 10.6. The third-order valence-electron chi connectivity index (χ3n) is 2.38. The molecule has 2 aromatic heterocycles. The Labute approximate surface area is 98.7 Å². The molecule has 0 atom stereocenters. The van der Waals surface area contributed by atoms with Crippen molar-refractivity contribution in [2.75, 3.05) is 11.9 Å². The number of imidazole rings is 1. The van der Waals surface area contributed by atoms with Crippen LogP contribution in [0.1, 0.15) is 12.6 Å². The summed E-state index contributed by atoms with van der Waals surface area (Å²) >= 11 is 0. The lowest BCUT2D eigenvalue weighted by molar-refractivity contribution is 0.605. The molecule has 0 unspecified atom stereocenters. The van der Waals surface area contributed by atoms with Gasteiger partial charge in [0, 0.05) is 26.0 Å². The zero-order chi connectivity index (χ0) is 12.4. The fourth-order valence-corrected chi connectivity index (χ4v) is 1.52. The number of anilines is 1. The van der Waals surface area contributed by atoms with Crippen LogP contribution in [0.2, 0.25) is 0 Å². The van der Waals surface area contributed by atoms with E-state index in [1.54, 1.807) is 23.9 Å². The molecule has 0 amide bonds. The lowest BCUT2D eigenvalue weighted by atomic mass is 10.3. The maximum atomic E-state index is 13.7. The lowest BCUT2D eigenvalue weighted by Crippen LogP contribution is -2.08. The van der Waals surface area contributed by atoms with Crippen LogP contribution in [0.3, 0.4) is 0 Å². The van der Waals surface area contributed by atoms with Crippen molar-refractivity contribution in [2.45, 2.75) is 13.8 Å². The summed E-state index contributed by atoms with van der Waals surface area (Å²) in [5, 5.41) is 2.88. The minimum atomic E-state index is -0.412. The number of rotatable bonds is 3. The number of aromatic nitrogens is 4. The number of hydrogen-bond donors (Lipinski definition) is 1. The molecule has 17 heavy (non-hydrogen) atoms. The summed E-state index contributed by atoms with van der Waals surface area (Å²) in [5.41, 5.74) is 0.314. The molecule has 0 saturated heterocycles. The highest BCUT2D eigenvalue weighted by Crippen LogP contribution is 2.19. The van der Waals surface area contributed by atoms with Crippen LogP contribution >= 0.6 is 0 Å². The number of hydrogen-bond acceptors (Lipinski definition) is 4. The van der Waals surface area contributed by atoms with Crippen molar-refractivity contribution in [1.82, 2.24) is 19.5 Å². The molecular formula is C11H14FN5. The maximum absolute atomic E-state index is 13.7. The Kier molecular flexibility index (Phi) is 3.03. The second kappa shape index (κ2) is 4.48. The van der Waals surface area contributed by atoms with Crippen LogP contribution in [0, 0.1) is 12.7 Å². The molecule has 2 rings (SSSR count). The van der Waals surface area contributed by atoms with Gasteiger partial charge in [0.2, 0.25) is 0 Å². The number of nitrogens with one attached hydrogen (secondary N) is 1. The highest BCUT2D eigenvalue weighted by atomic mass is 19.1. The monoisotopic (exact) mass is 235 g/mol. The highest BCUT2D eigenvalue weighted by molar-refractivity contribution is 5.50. The molecule has 0 aromatic carbocycles. The summed E-state index contributed by atoms with van der Waals surface area (Å²) in [4.78, 5) is 12.4. The summed E-state index contributed by atoms with van der Waals surface area (Å²) in [6, 6.07) is 0. The summed E-state index contributed by atoms with van der Waals surface area (Å²) in [6.45, 7) is 4.11. The first-order chi connectivity index (χ1) is 8.13. The van der Waals surface area contributed by atoms with Gasteiger partial charge in [-0.15, -0.1) is 0 Å². The van der Waals surface area contributed by atoms with Crippen molar-refractivity contribution in [3.8, 4) is 11.6 Å². The molecule has 5 nitrogen and oxygen atoms in total. The van der Waals surface area contributed by atoms with Crippen LogP contribution in [0.5, 0.6) is 0 Å². The molecular weight excluding hydrogens is 221 g/mol. The van der Waals surface area contributed by atoms with Gasteiger partial charge in [0.15, 0.2) is 23.3 Å². The van der Waals surface area contributed by atoms with E-state index in [1.807, 2.05) is 14.0 Å². The first-order valence-corrected chi connectivity index (χ1v) is 5.39. The Morgan fingerprint density at radius 3 is 2.76 bits per heavy atom. The van der Waals surface area contributed by atoms with E-state index >= 15 is 0 Å². The van der Waals surface area contributed by atoms with E-state index in [0.717, 1.165) is 0 Å². The average Bonchev–Trinajstić information content (AvgIpc) is 2.71. The van der Waals surface area contributed by atoms with E-state index in [2.05, 4.69) is 20.3 Å². The second-order valence-electron chi connectivity index (χ2n) is 3.69. The SMILES string of the molecule is CCNc1nc(-c2nccn2C)nc(C)c1F. The smallest absolute Gasteiger partial charge is 0.198 e. The summed E-state index contributed by atoms with van der Waals surface area (Å²) in [5.74, 6) is 0.849. The zero-order valence-electron chi connectivity index (χ0n) is 10.0. The third kappa shape index (κ3) is 2.11. The van der Waals surface area contributed by atoms with Crippen LogP contribution in [-0.2, 0) is 7.05 Å². The Hall–Kier alpha value is -1.98. The molecule has 6 heteroatoms. The number of nitrogens with zero attached hydrogens (tertiary/aromatic N) is 4. The Bertz CT molecular complexity index is 535. The van der Waals surface area contributed by atoms with E-state index < -0.39 is 5.82 Å². The van der Waals surface area contributed by atoms with Crippen molar-refractivity contribution in [3.05, 3.63) is 23.9 Å². The number of aryl methyl sites for hydroxylation is 2. The minimum absolute atomic E-state index is 0.220. The molecule has 1 N–H and O–H groups in total. The largest absolute Gasteiger partial charge is 0.368 e. The molecule has 0 fully saturated rings. The van der Waals surface area contributed by atoms with Crippen LogP contribution in [0.4, 0.5) is 10.2 Å². The Morgan fingerprint density at radius 2 is 2.18 bits per heavy atom. The van der Waals surface area contributed by atoms with E-state index in [-0.39, 0.29) is 5.82 Å². The van der Waals surface area contributed by atoms with Crippen molar-refractivity contribution >= 4 is 5.82 Å². The van der Waals surface area contributed by atoms with Crippen LogP contribution in [0.15, 0.2) is 12.4 Å². The van der Waals surface area contributed by atoms with Crippen LogP contribution < -0.4 is 5.32 Å². The van der Waals surface area contributed by atoms with Gasteiger partial charge in [0.05, 0.1) is 5.69 Å². The van der Waals surface area contributed by atoms with Gasteiger partial charge in [-0.3, -0.25) is 0 Å². The van der Waals surface area contributed by atoms with Crippen molar-refractivity contribution in [3.63, 3.8) is 0 Å². The van der Waals surface area contributed by atoms with Gasteiger partial charge in [-0.05, 0) is 13.8 Å².